The van der Waals surface area contributed by atoms with Crippen molar-refractivity contribution in [2.45, 2.75) is 66.0 Å². The summed E-state index contributed by atoms with van der Waals surface area (Å²) in [5, 5.41) is 6.37. The van der Waals surface area contributed by atoms with E-state index < -0.39 is 11.7 Å². The lowest BCUT2D eigenvalue weighted by Crippen LogP contribution is -2.27. The Morgan fingerprint density at radius 1 is 1.13 bits per heavy atom. The summed E-state index contributed by atoms with van der Waals surface area (Å²) < 4.78 is 5.25. The molecule has 4 nitrogen and oxygen atoms in total. The maximum atomic E-state index is 11.8. The zero-order valence-corrected chi connectivity index (χ0v) is 15.2. The highest BCUT2D eigenvalue weighted by atomic mass is 16.6. The Labute approximate surface area is 140 Å². The van der Waals surface area contributed by atoms with Crippen molar-refractivity contribution in [1.82, 2.24) is 0 Å². The number of carbonyl (C=O) groups is 1. The molecule has 1 saturated carbocycles. The van der Waals surface area contributed by atoms with E-state index in [-0.39, 0.29) is 0 Å². The lowest BCUT2D eigenvalue weighted by atomic mass is 9.91. The molecule has 1 aromatic carbocycles. The van der Waals surface area contributed by atoms with Crippen molar-refractivity contribution in [3.63, 3.8) is 0 Å². The van der Waals surface area contributed by atoms with Crippen LogP contribution in [0.4, 0.5) is 16.2 Å². The van der Waals surface area contributed by atoms with E-state index in [2.05, 4.69) is 31.4 Å². The van der Waals surface area contributed by atoms with Crippen molar-refractivity contribution >= 4 is 17.5 Å². The zero-order valence-electron chi connectivity index (χ0n) is 15.2. The van der Waals surface area contributed by atoms with Gasteiger partial charge >= 0.3 is 6.09 Å². The number of hydrogen-bond donors (Lipinski definition) is 2. The number of anilines is 2. The van der Waals surface area contributed by atoms with Gasteiger partial charge in [0.2, 0.25) is 0 Å². The van der Waals surface area contributed by atoms with Gasteiger partial charge in [-0.3, -0.25) is 5.32 Å². The molecule has 2 N–H and O–H groups in total. The van der Waals surface area contributed by atoms with E-state index in [1.807, 2.05) is 45.0 Å². The summed E-state index contributed by atoms with van der Waals surface area (Å²) >= 11 is 0. The van der Waals surface area contributed by atoms with Crippen LogP contribution < -0.4 is 10.6 Å². The van der Waals surface area contributed by atoms with Crippen LogP contribution in [-0.2, 0) is 4.74 Å². The van der Waals surface area contributed by atoms with E-state index in [1.165, 1.54) is 12.8 Å². The van der Waals surface area contributed by atoms with Crippen LogP contribution in [0.2, 0.25) is 0 Å². The third-order valence-electron chi connectivity index (χ3n) is 4.22. The lowest BCUT2D eigenvalue weighted by Gasteiger charge is -2.21. The van der Waals surface area contributed by atoms with Gasteiger partial charge in [0.05, 0.1) is 0 Å². The van der Waals surface area contributed by atoms with E-state index in [4.69, 9.17) is 4.74 Å². The second kappa shape index (κ2) is 6.42. The molecular formula is C19H30N2O2. The summed E-state index contributed by atoms with van der Waals surface area (Å²) in [5.41, 5.74) is 1.76. The quantitative estimate of drug-likeness (QED) is 0.798. The predicted molar refractivity (Wildman–Crippen MR) is 95.9 cm³/mol. The first-order valence-corrected chi connectivity index (χ1v) is 8.41. The highest BCUT2D eigenvalue weighted by molar-refractivity contribution is 5.85. The van der Waals surface area contributed by atoms with Gasteiger partial charge < -0.3 is 10.1 Å². The third kappa shape index (κ3) is 5.45. The molecule has 1 aliphatic rings. The topological polar surface area (TPSA) is 50.4 Å². The average Bonchev–Trinajstić information content (AvgIpc) is 2.62. The Morgan fingerprint density at radius 2 is 1.70 bits per heavy atom. The highest BCUT2D eigenvalue weighted by Crippen LogP contribution is 2.42. The average molecular weight is 318 g/mol. The molecule has 0 radical (unpaired) electrons. The van der Waals surface area contributed by atoms with Gasteiger partial charge in [0.1, 0.15) is 5.60 Å². The summed E-state index contributed by atoms with van der Waals surface area (Å²) in [4.78, 5) is 11.8. The largest absolute Gasteiger partial charge is 0.444 e. The van der Waals surface area contributed by atoms with Crippen LogP contribution in [0.5, 0.6) is 0 Å². The SMILES string of the molecule is CC1CC(C)(C)CC1Nc1ccc(NC(=O)OC(C)(C)C)cc1. The summed E-state index contributed by atoms with van der Waals surface area (Å²) in [7, 11) is 0. The number of benzene rings is 1. The maximum Gasteiger partial charge on any atom is 0.412 e. The van der Waals surface area contributed by atoms with E-state index in [9.17, 15) is 4.79 Å². The zero-order chi connectivity index (χ0) is 17.3. The number of nitrogens with one attached hydrogen (secondary N) is 2. The molecule has 1 fully saturated rings. The minimum absolute atomic E-state index is 0.412. The fourth-order valence-electron chi connectivity index (χ4n) is 3.37. The third-order valence-corrected chi connectivity index (χ3v) is 4.22. The summed E-state index contributed by atoms with van der Waals surface area (Å²) in [6, 6.07) is 8.32. The van der Waals surface area contributed by atoms with Gasteiger partial charge in [0.25, 0.3) is 0 Å². The molecule has 0 aliphatic heterocycles. The first kappa shape index (κ1) is 17.6. The van der Waals surface area contributed by atoms with Crippen molar-refractivity contribution in [3.8, 4) is 0 Å². The molecule has 2 unspecified atom stereocenters. The Balaban J connectivity index is 1.91. The molecule has 0 spiro atoms. The number of rotatable bonds is 3. The molecule has 0 saturated heterocycles. The first-order chi connectivity index (χ1) is 10.5. The predicted octanol–water partition coefficient (Wildman–Crippen LogP) is 5.27. The van der Waals surface area contributed by atoms with Crippen molar-refractivity contribution in [1.29, 1.82) is 0 Å². The fraction of sp³-hybridized carbons (Fsp3) is 0.632. The smallest absolute Gasteiger partial charge is 0.412 e. The summed E-state index contributed by atoms with van der Waals surface area (Å²) in [6.07, 6.45) is 2.01. The minimum Gasteiger partial charge on any atom is -0.444 e. The van der Waals surface area contributed by atoms with Crippen LogP contribution in [0.3, 0.4) is 0 Å². The molecule has 1 aliphatic carbocycles. The second-order valence-corrected chi connectivity index (χ2v) is 8.50. The second-order valence-electron chi connectivity index (χ2n) is 8.50. The Hall–Kier alpha value is -1.71. The Morgan fingerprint density at radius 3 is 2.17 bits per heavy atom. The first-order valence-electron chi connectivity index (χ1n) is 8.41. The van der Waals surface area contributed by atoms with Crippen molar-refractivity contribution in [3.05, 3.63) is 24.3 Å². The van der Waals surface area contributed by atoms with Crippen molar-refractivity contribution in [2.24, 2.45) is 11.3 Å². The molecule has 1 amide bonds. The summed E-state index contributed by atoms with van der Waals surface area (Å²) in [5.74, 6) is 0.671. The van der Waals surface area contributed by atoms with Crippen LogP contribution >= 0.6 is 0 Å². The number of hydrogen-bond acceptors (Lipinski definition) is 3. The molecule has 128 valence electrons. The normalized spacial score (nSPS) is 23.4. The fourth-order valence-corrected chi connectivity index (χ4v) is 3.37. The van der Waals surface area contributed by atoms with Crippen LogP contribution in [-0.4, -0.2) is 17.7 Å². The van der Waals surface area contributed by atoms with Gasteiger partial charge in [-0.15, -0.1) is 0 Å². The van der Waals surface area contributed by atoms with E-state index >= 15 is 0 Å². The van der Waals surface area contributed by atoms with Gasteiger partial charge in [0, 0.05) is 17.4 Å². The molecule has 4 heteroatoms. The Bertz CT molecular complexity index is 543. The van der Waals surface area contributed by atoms with Gasteiger partial charge in [-0.05, 0) is 69.2 Å². The molecule has 0 aromatic heterocycles. The van der Waals surface area contributed by atoms with Crippen molar-refractivity contribution in [2.75, 3.05) is 10.6 Å². The standard InChI is InChI=1S/C19H30N2O2/c1-13-11-19(5,6)12-16(13)20-14-7-9-15(10-8-14)21-17(22)23-18(2,3)4/h7-10,13,16,20H,11-12H2,1-6H3,(H,21,22). The molecule has 0 heterocycles. The van der Waals surface area contributed by atoms with Gasteiger partial charge in [-0.1, -0.05) is 20.8 Å². The van der Waals surface area contributed by atoms with E-state index in [0.717, 1.165) is 11.4 Å². The maximum absolute atomic E-state index is 11.8. The van der Waals surface area contributed by atoms with E-state index in [0.29, 0.717) is 17.4 Å². The van der Waals surface area contributed by atoms with Crippen LogP contribution in [0, 0.1) is 11.3 Å². The Kier molecular flexibility index (Phi) is 4.92. The monoisotopic (exact) mass is 318 g/mol. The molecular weight excluding hydrogens is 288 g/mol. The minimum atomic E-state index is -0.489. The highest BCUT2D eigenvalue weighted by Gasteiger charge is 2.36. The number of carbonyl (C=O) groups excluding carboxylic acids is 1. The lowest BCUT2D eigenvalue weighted by molar-refractivity contribution is 0.0636. The molecule has 2 rings (SSSR count). The molecule has 2 atom stereocenters. The van der Waals surface area contributed by atoms with Gasteiger partial charge in [-0.2, -0.15) is 0 Å². The number of ether oxygens (including phenoxy) is 1. The molecule has 1 aromatic rings. The summed E-state index contributed by atoms with van der Waals surface area (Å²) in [6.45, 7) is 12.5. The van der Waals surface area contributed by atoms with Crippen LogP contribution in [0.15, 0.2) is 24.3 Å². The van der Waals surface area contributed by atoms with Crippen LogP contribution in [0.25, 0.3) is 0 Å². The van der Waals surface area contributed by atoms with E-state index in [1.54, 1.807) is 0 Å². The number of amides is 1. The van der Waals surface area contributed by atoms with Gasteiger partial charge in [-0.25, -0.2) is 4.79 Å². The van der Waals surface area contributed by atoms with Crippen LogP contribution in [0.1, 0.15) is 54.4 Å². The van der Waals surface area contributed by atoms with Crippen molar-refractivity contribution < 1.29 is 9.53 Å². The van der Waals surface area contributed by atoms with Gasteiger partial charge in [0.15, 0.2) is 0 Å². The molecule has 23 heavy (non-hydrogen) atoms. The molecule has 0 bridgehead atoms.